The van der Waals surface area contributed by atoms with Gasteiger partial charge >= 0.3 is 5.97 Å². The van der Waals surface area contributed by atoms with E-state index < -0.39 is 5.97 Å². The van der Waals surface area contributed by atoms with Crippen molar-refractivity contribution in [1.82, 2.24) is 15.1 Å². The number of nitrogens with zero attached hydrogens (tertiary/aromatic N) is 4. The molecule has 0 aliphatic heterocycles. The van der Waals surface area contributed by atoms with Gasteiger partial charge < -0.3 is 9.26 Å². The Morgan fingerprint density at radius 2 is 2.22 bits per heavy atom. The molecule has 2 aromatic heterocycles. The van der Waals surface area contributed by atoms with Crippen LogP contribution in [0.15, 0.2) is 15.6 Å². The fraction of sp³-hybridized carbons (Fsp3) is 0.400. The number of carbonyl (C=O) groups is 1. The fourth-order valence-electron chi connectivity index (χ4n) is 1.81. The molecule has 8 heteroatoms. The van der Waals surface area contributed by atoms with E-state index >= 15 is 0 Å². The molecule has 0 atom stereocenters. The van der Waals surface area contributed by atoms with Crippen LogP contribution in [0.2, 0.25) is 0 Å². The molecule has 0 radical (unpaired) electrons. The SMILES string of the molecule is CCOC(=O)c1cc(C#N)c(SCc2nc(CC)no2)nc1C. The van der Waals surface area contributed by atoms with E-state index in [1.807, 2.05) is 6.92 Å². The predicted molar refractivity (Wildman–Crippen MR) is 82.9 cm³/mol. The molecule has 0 saturated carbocycles. The standard InChI is InChI=1S/C15H16N4O3S/c1-4-12-18-13(22-19-12)8-23-14-10(7-16)6-11(9(3)17-14)15(20)21-5-2/h6H,4-5,8H2,1-3H3. The van der Waals surface area contributed by atoms with Gasteiger partial charge in [-0.3, -0.25) is 0 Å². The van der Waals surface area contributed by atoms with Gasteiger partial charge in [-0.1, -0.05) is 23.8 Å². The molecule has 0 spiro atoms. The van der Waals surface area contributed by atoms with Crippen LogP contribution >= 0.6 is 11.8 Å². The van der Waals surface area contributed by atoms with Gasteiger partial charge in [0.1, 0.15) is 11.1 Å². The van der Waals surface area contributed by atoms with Crippen LogP contribution in [-0.2, 0) is 16.9 Å². The largest absolute Gasteiger partial charge is 0.462 e. The van der Waals surface area contributed by atoms with Gasteiger partial charge in [-0.15, -0.1) is 0 Å². The number of rotatable bonds is 6. The maximum Gasteiger partial charge on any atom is 0.340 e. The summed E-state index contributed by atoms with van der Waals surface area (Å²) < 4.78 is 10.1. The first-order chi connectivity index (χ1) is 11.1. The Hall–Kier alpha value is -2.40. The van der Waals surface area contributed by atoms with Crippen molar-refractivity contribution in [3.05, 3.63) is 34.6 Å². The first-order valence-electron chi connectivity index (χ1n) is 7.12. The highest BCUT2D eigenvalue weighted by Gasteiger charge is 2.17. The fourth-order valence-corrected chi connectivity index (χ4v) is 2.65. The zero-order valence-corrected chi connectivity index (χ0v) is 13.9. The molecule has 0 N–H and O–H groups in total. The van der Waals surface area contributed by atoms with Crippen molar-refractivity contribution in [1.29, 1.82) is 5.26 Å². The molecule has 0 bridgehead atoms. The van der Waals surface area contributed by atoms with Crippen LogP contribution in [0.5, 0.6) is 0 Å². The number of ether oxygens (including phenoxy) is 1. The minimum Gasteiger partial charge on any atom is -0.462 e. The lowest BCUT2D eigenvalue weighted by Gasteiger charge is -2.08. The molecule has 0 amide bonds. The molecule has 0 aliphatic rings. The smallest absolute Gasteiger partial charge is 0.340 e. The second-order valence-electron chi connectivity index (χ2n) is 4.55. The number of hydrogen-bond donors (Lipinski definition) is 0. The van der Waals surface area contributed by atoms with E-state index in [0.29, 0.717) is 45.7 Å². The highest BCUT2D eigenvalue weighted by Crippen LogP contribution is 2.26. The van der Waals surface area contributed by atoms with E-state index in [1.165, 1.54) is 17.8 Å². The molecule has 2 heterocycles. The quantitative estimate of drug-likeness (QED) is 0.587. The molecule has 2 aromatic rings. The summed E-state index contributed by atoms with van der Waals surface area (Å²) in [7, 11) is 0. The van der Waals surface area contributed by atoms with Gasteiger partial charge in [0.05, 0.1) is 29.2 Å². The summed E-state index contributed by atoms with van der Waals surface area (Å²) >= 11 is 1.31. The van der Waals surface area contributed by atoms with Gasteiger partial charge in [0.15, 0.2) is 5.82 Å². The van der Waals surface area contributed by atoms with Crippen molar-refractivity contribution in [2.24, 2.45) is 0 Å². The summed E-state index contributed by atoms with van der Waals surface area (Å²) in [6.07, 6.45) is 0.698. The van der Waals surface area contributed by atoms with Crippen molar-refractivity contribution in [2.75, 3.05) is 6.61 Å². The Kier molecular flexibility index (Phi) is 5.71. The zero-order valence-electron chi connectivity index (χ0n) is 13.1. The van der Waals surface area contributed by atoms with Gasteiger partial charge in [0, 0.05) is 6.42 Å². The molecule has 120 valence electrons. The second kappa shape index (κ2) is 7.74. The Balaban J connectivity index is 2.20. The monoisotopic (exact) mass is 332 g/mol. The first-order valence-corrected chi connectivity index (χ1v) is 8.10. The molecule has 0 unspecified atom stereocenters. The van der Waals surface area contributed by atoms with Gasteiger partial charge in [-0.05, 0) is 19.9 Å². The Morgan fingerprint density at radius 1 is 1.43 bits per heavy atom. The van der Waals surface area contributed by atoms with E-state index in [-0.39, 0.29) is 6.61 Å². The normalized spacial score (nSPS) is 10.3. The van der Waals surface area contributed by atoms with E-state index in [9.17, 15) is 10.1 Å². The molecule has 23 heavy (non-hydrogen) atoms. The number of esters is 1. The maximum absolute atomic E-state index is 11.8. The summed E-state index contributed by atoms with van der Waals surface area (Å²) in [4.78, 5) is 20.4. The Morgan fingerprint density at radius 3 is 2.83 bits per heavy atom. The highest BCUT2D eigenvalue weighted by molar-refractivity contribution is 7.98. The van der Waals surface area contributed by atoms with E-state index in [4.69, 9.17) is 9.26 Å². The number of hydrogen-bond acceptors (Lipinski definition) is 8. The van der Waals surface area contributed by atoms with E-state index in [2.05, 4.69) is 21.2 Å². The van der Waals surface area contributed by atoms with Crippen molar-refractivity contribution >= 4 is 17.7 Å². The molecule has 0 aromatic carbocycles. The van der Waals surface area contributed by atoms with E-state index in [1.54, 1.807) is 13.8 Å². The van der Waals surface area contributed by atoms with Crippen LogP contribution in [0.1, 0.15) is 47.2 Å². The minimum atomic E-state index is -0.477. The maximum atomic E-state index is 11.8. The summed E-state index contributed by atoms with van der Waals surface area (Å²) in [5.41, 5.74) is 1.14. The predicted octanol–water partition coefficient (Wildman–Crippen LogP) is 2.68. The average molecular weight is 332 g/mol. The van der Waals surface area contributed by atoms with Gasteiger partial charge in [-0.2, -0.15) is 10.2 Å². The van der Waals surface area contributed by atoms with Gasteiger partial charge in [0.25, 0.3) is 0 Å². The summed E-state index contributed by atoms with van der Waals surface area (Å²) in [5, 5.41) is 13.6. The van der Waals surface area contributed by atoms with Gasteiger partial charge in [-0.25, -0.2) is 9.78 Å². The van der Waals surface area contributed by atoms with Crippen molar-refractivity contribution in [3.8, 4) is 6.07 Å². The number of carbonyl (C=O) groups excluding carboxylic acids is 1. The number of pyridine rings is 1. The van der Waals surface area contributed by atoms with Crippen LogP contribution in [0.25, 0.3) is 0 Å². The Labute approximate surface area is 138 Å². The lowest BCUT2D eigenvalue weighted by Crippen LogP contribution is -2.09. The second-order valence-corrected chi connectivity index (χ2v) is 5.52. The van der Waals surface area contributed by atoms with Crippen LogP contribution in [-0.4, -0.2) is 27.7 Å². The molecule has 0 aliphatic carbocycles. The van der Waals surface area contributed by atoms with Crippen molar-refractivity contribution < 1.29 is 14.1 Å². The summed E-state index contributed by atoms with van der Waals surface area (Å²) in [6.45, 7) is 5.65. The van der Waals surface area contributed by atoms with Gasteiger partial charge in [0.2, 0.25) is 5.89 Å². The summed E-state index contributed by atoms with van der Waals surface area (Å²) in [5.74, 6) is 1.05. The summed E-state index contributed by atoms with van der Waals surface area (Å²) in [6, 6.07) is 3.56. The molecule has 2 rings (SSSR count). The molecular formula is C15H16N4O3S. The zero-order chi connectivity index (χ0) is 16.8. The lowest BCUT2D eigenvalue weighted by atomic mass is 10.1. The third kappa shape index (κ3) is 4.07. The number of aryl methyl sites for hydroxylation is 2. The van der Waals surface area contributed by atoms with Crippen molar-refractivity contribution in [3.63, 3.8) is 0 Å². The third-order valence-electron chi connectivity index (χ3n) is 2.95. The Bertz CT molecular complexity index is 752. The minimum absolute atomic E-state index is 0.271. The molecular weight excluding hydrogens is 316 g/mol. The molecule has 0 fully saturated rings. The first kappa shape index (κ1) is 17.0. The van der Waals surface area contributed by atoms with Crippen molar-refractivity contribution in [2.45, 2.75) is 38.0 Å². The number of nitriles is 1. The van der Waals surface area contributed by atoms with E-state index in [0.717, 1.165) is 0 Å². The average Bonchev–Trinajstić information content (AvgIpc) is 3.01. The van der Waals surface area contributed by atoms with Crippen LogP contribution < -0.4 is 0 Å². The highest BCUT2D eigenvalue weighted by atomic mass is 32.2. The molecule has 7 nitrogen and oxygen atoms in total. The van der Waals surface area contributed by atoms with Crippen LogP contribution in [0, 0.1) is 18.3 Å². The van der Waals surface area contributed by atoms with Crippen LogP contribution in [0.4, 0.5) is 0 Å². The topological polar surface area (TPSA) is 102 Å². The number of aromatic nitrogens is 3. The van der Waals surface area contributed by atoms with Crippen LogP contribution in [0.3, 0.4) is 0 Å². The molecule has 0 saturated heterocycles. The lowest BCUT2D eigenvalue weighted by molar-refractivity contribution is 0.0524. The third-order valence-corrected chi connectivity index (χ3v) is 3.93. The number of thioether (sulfide) groups is 1.